The SMILES string of the molecule is Cc1ccc(-n2c(C)nn(CN(C)C3CCCCC3)c2=S)cc1. The monoisotopic (exact) mass is 330 g/mol. The average molecular weight is 331 g/mol. The van der Waals surface area contributed by atoms with E-state index < -0.39 is 0 Å². The van der Waals surface area contributed by atoms with Gasteiger partial charge in [-0.15, -0.1) is 0 Å². The van der Waals surface area contributed by atoms with Crippen LogP contribution in [0.25, 0.3) is 5.69 Å². The van der Waals surface area contributed by atoms with E-state index in [2.05, 4.69) is 52.8 Å². The van der Waals surface area contributed by atoms with Crippen LogP contribution in [-0.2, 0) is 6.67 Å². The largest absolute Gasteiger partial charge is 0.284 e. The average Bonchev–Trinajstić information content (AvgIpc) is 2.83. The van der Waals surface area contributed by atoms with Gasteiger partial charge in [-0.25, -0.2) is 4.68 Å². The molecule has 0 atom stereocenters. The predicted octanol–water partition coefficient (Wildman–Crippen LogP) is 4.24. The minimum Gasteiger partial charge on any atom is -0.284 e. The molecule has 1 aromatic carbocycles. The van der Waals surface area contributed by atoms with Crippen LogP contribution in [0.1, 0.15) is 43.5 Å². The molecule has 5 heteroatoms. The van der Waals surface area contributed by atoms with Gasteiger partial charge in [-0.3, -0.25) is 9.47 Å². The molecule has 1 heterocycles. The van der Waals surface area contributed by atoms with Crippen LogP contribution in [0.4, 0.5) is 0 Å². The second-order valence-electron chi connectivity index (χ2n) is 6.69. The van der Waals surface area contributed by atoms with E-state index in [9.17, 15) is 0 Å². The van der Waals surface area contributed by atoms with Crippen LogP contribution in [0, 0.1) is 18.6 Å². The summed E-state index contributed by atoms with van der Waals surface area (Å²) in [7, 11) is 2.19. The fourth-order valence-corrected chi connectivity index (χ4v) is 3.78. The highest BCUT2D eigenvalue weighted by Gasteiger charge is 2.19. The van der Waals surface area contributed by atoms with E-state index in [0.717, 1.165) is 23.0 Å². The molecule has 1 aliphatic rings. The standard InChI is InChI=1S/C18H26N4S/c1-14-9-11-17(12-10-14)22-15(2)19-21(18(22)23)13-20(3)16-7-5-4-6-8-16/h9-12,16H,4-8,13H2,1-3H3. The first-order valence-electron chi connectivity index (χ1n) is 8.50. The molecule has 0 amide bonds. The minimum absolute atomic E-state index is 0.662. The molecule has 0 radical (unpaired) electrons. The van der Waals surface area contributed by atoms with Gasteiger partial charge in [-0.1, -0.05) is 37.0 Å². The zero-order chi connectivity index (χ0) is 16.4. The summed E-state index contributed by atoms with van der Waals surface area (Å²) in [5.74, 6) is 0.941. The molecule has 0 bridgehead atoms. The number of aromatic nitrogens is 3. The van der Waals surface area contributed by atoms with Gasteiger partial charge in [0.05, 0.1) is 6.67 Å². The summed E-state index contributed by atoms with van der Waals surface area (Å²) in [4.78, 5) is 2.40. The zero-order valence-corrected chi connectivity index (χ0v) is 15.1. The summed E-state index contributed by atoms with van der Waals surface area (Å²) in [6.07, 6.45) is 6.66. The van der Waals surface area contributed by atoms with Crippen molar-refractivity contribution in [3.63, 3.8) is 0 Å². The van der Waals surface area contributed by atoms with Crippen molar-refractivity contribution >= 4 is 12.2 Å². The molecule has 124 valence electrons. The summed E-state index contributed by atoms with van der Waals surface area (Å²) >= 11 is 5.68. The fourth-order valence-electron chi connectivity index (χ4n) is 3.45. The van der Waals surface area contributed by atoms with Gasteiger partial charge in [0.15, 0.2) is 0 Å². The molecule has 0 saturated heterocycles. The van der Waals surface area contributed by atoms with Gasteiger partial charge in [0.1, 0.15) is 5.82 Å². The molecule has 4 nitrogen and oxygen atoms in total. The smallest absolute Gasteiger partial charge is 0.203 e. The van der Waals surface area contributed by atoms with Gasteiger partial charge in [0.2, 0.25) is 4.77 Å². The van der Waals surface area contributed by atoms with Crippen molar-refractivity contribution in [1.29, 1.82) is 0 Å². The first kappa shape index (κ1) is 16.4. The van der Waals surface area contributed by atoms with Gasteiger partial charge < -0.3 is 0 Å². The van der Waals surface area contributed by atoms with Crippen LogP contribution >= 0.6 is 12.2 Å². The molecule has 23 heavy (non-hydrogen) atoms. The van der Waals surface area contributed by atoms with Crippen molar-refractivity contribution in [2.45, 2.75) is 58.7 Å². The molecule has 2 aromatic rings. The Kier molecular flexibility index (Phi) is 4.97. The van der Waals surface area contributed by atoms with Gasteiger partial charge in [-0.05, 0) is 58.1 Å². The molecule has 0 N–H and O–H groups in total. The Morgan fingerprint density at radius 1 is 1.13 bits per heavy atom. The summed E-state index contributed by atoms with van der Waals surface area (Å²) in [5.41, 5.74) is 2.34. The number of hydrogen-bond acceptors (Lipinski definition) is 3. The Hall–Kier alpha value is -1.46. The summed E-state index contributed by atoms with van der Waals surface area (Å²) in [6, 6.07) is 9.10. The molecule has 1 saturated carbocycles. The maximum Gasteiger partial charge on any atom is 0.203 e. The van der Waals surface area contributed by atoms with Crippen LogP contribution in [0.2, 0.25) is 0 Å². The van der Waals surface area contributed by atoms with E-state index >= 15 is 0 Å². The Balaban J connectivity index is 1.83. The van der Waals surface area contributed by atoms with Crippen LogP contribution in [0.15, 0.2) is 24.3 Å². The first-order chi connectivity index (χ1) is 11.1. The highest BCUT2D eigenvalue weighted by molar-refractivity contribution is 7.71. The molecule has 0 unspecified atom stereocenters. The quantitative estimate of drug-likeness (QED) is 0.784. The number of benzene rings is 1. The minimum atomic E-state index is 0.662. The number of nitrogens with zero attached hydrogens (tertiary/aromatic N) is 4. The van der Waals surface area contributed by atoms with E-state index in [1.807, 2.05) is 11.6 Å². The lowest BCUT2D eigenvalue weighted by atomic mass is 9.95. The Morgan fingerprint density at radius 2 is 1.78 bits per heavy atom. The number of aryl methyl sites for hydroxylation is 2. The van der Waals surface area contributed by atoms with E-state index in [-0.39, 0.29) is 0 Å². The molecule has 0 spiro atoms. The van der Waals surface area contributed by atoms with Crippen molar-refractivity contribution in [2.24, 2.45) is 0 Å². The van der Waals surface area contributed by atoms with Gasteiger partial charge >= 0.3 is 0 Å². The lowest BCUT2D eigenvalue weighted by molar-refractivity contribution is 0.145. The van der Waals surface area contributed by atoms with Crippen LogP contribution in [0.5, 0.6) is 0 Å². The van der Waals surface area contributed by atoms with E-state index in [1.165, 1.54) is 37.7 Å². The highest BCUT2D eigenvalue weighted by atomic mass is 32.1. The second kappa shape index (κ2) is 6.97. The summed E-state index contributed by atoms with van der Waals surface area (Å²) in [6.45, 7) is 4.88. The van der Waals surface area contributed by atoms with Crippen molar-refractivity contribution < 1.29 is 0 Å². The third-order valence-electron chi connectivity index (χ3n) is 4.85. The summed E-state index contributed by atoms with van der Waals surface area (Å²) < 4.78 is 4.79. The number of rotatable bonds is 4. The van der Waals surface area contributed by atoms with Crippen molar-refractivity contribution in [1.82, 2.24) is 19.2 Å². The predicted molar refractivity (Wildman–Crippen MR) is 96.5 cm³/mol. The first-order valence-corrected chi connectivity index (χ1v) is 8.91. The molecule has 3 rings (SSSR count). The van der Waals surface area contributed by atoms with Gasteiger partial charge in [-0.2, -0.15) is 5.10 Å². The Labute approximate surface area is 143 Å². The lowest BCUT2D eigenvalue weighted by Gasteiger charge is -2.30. The van der Waals surface area contributed by atoms with E-state index in [0.29, 0.717) is 6.04 Å². The van der Waals surface area contributed by atoms with Gasteiger partial charge in [0, 0.05) is 11.7 Å². The third kappa shape index (κ3) is 3.56. The Bertz CT molecular complexity index is 708. The van der Waals surface area contributed by atoms with E-state index in [4.69, 9.17) is 12.2 Å². The van der Waals surface area contributed by atoms with Crippen LogP contribution < -0.4 is 0 Å². The second-order valence-corrected chi connectivity index (χ2v) is 7.06. The van der Waals surface area contributed by atoms with E-state index in [1.54, 1.807) is 0 Å². The van der Waals surface area contributed by atoms with Crippen molar-refractivity contribution in [3.8, 4) is 5.69 Å². The van der Waals surface area contributed by atoms with Crippen LogP contribution in [0.3, 0.4) is 0 Å². The maximum absolute atomic E-state index is 5.68. The molecular formula is C18H26N4S. The zero-order valence-electron chi connectivity index (χ0n) is 14.3. The lowest BCUT2D eigenvalue weighted by Crippen LogP contribution is -2.35. The summed E-state index contributed by atoms with van der Waals surface area (Å²) in [5, 5.41) is 4.68. The molecule has 1 fully saturated rings. The topological polar surface area (TPSA) is 26.0 Å². The fraction of sp³-hybridized carbons (Fsp3) is 0.556. The molecule has 1 aromatic heterocycles. The maximum atomic E-state index is 5.68. The molecule has 1 aliphatic carbocycles. The van der Waals surface area contributed by atoms with Gasteiger partial charge in [0.25, 0.3) is 0 Å². The van der Waals surface area contributed by atoms with Crippen molar-refractivity contribution in [2.75, 3.05) is 7.05 Å². The number of hydrogen-bond donors (Lipinski definition) is 0. The van der Waals surface area contributed by atoms with Crippen LogP contribution in [-0.4, -0.2) is 32.3 Å². The van der Waals surface area contributed by atoms with Crippen molar-refractivity contribution in [3.05, 3.63) is 40.4 Å². The molecule has 0 aliphatic heterocycles. The third-order valence-corrected chi connectivity index (χ3v) is 5.24. The Morgan fingerprint density at radius 3 is 2.43 bits per heavy atom. The normalized spacial score (nSPS) is 16.2. The highest BCUT2D eigenvalue weighted by Crippen LogP contribution is 2.22. The molecular weight excluding hydrogens is 304 g/mol.